The van der Waals surface area contributed by atoms with Crippen LogP contribution in [0, 0.1) is 11.3 Å². The van der Waals surface area contributed by atoms with Crippen molar-refractivity contribution in [2.24, 2.45) is 0 Å². The zero-order chi connectivity index (χ0) is 10.5. The molecule has 0 aliphatic carbocycles. The number of nitrogens with zero attached hydrogens (tertiary/aromatic N) is 3. The Balaban J connectivity index is 2.09. The first-order chi connectivity index (χ1) is 7.42. The van der Waals surface area contributed by atoms with Crippen molar-refractivity contribution >= 4 is 11.3 Å². The summed E-state index contributed by atoms with van der Waals surface area (Å²) in [4.78, 5) is 6.52. The van der Waals surface area contributed by atoms with E-state index in [2.05, 4.69) is 16.0 Å². The Kier molecular flexibility index (Phi) is 3.70. The van der Waals surface area contributed by atoms with Gasteiger partial charge >= 0.3 is 0 Å². The van der Waals surface area contributed by atoms with Gasteiger partial charge in [0.1, 0.15) is 5.01 Å². The number of likely N-dealkylation sites (tertiary alicyclic amines) is 1. The Morgan fingerprint density at radius 3 is 2.60 bits per heavy atom. The molecule has 0 radical (unpaired) electrons. The van der Waals surface area contributed by atoms with Crippen molar-refractivity contribution in [3.8, 4) is 6.07 Å². The van der Waals surface area contributed by atoms with Crippen LogP contribution in [0.3, 0.4) is 0 Å². The topological polar surface area (TPSA) is 39.9 Å². The molecule has 1 aromatic rings. The van der Waals surface area contributed by atoms with Crippen LogP contribution < -0.4 is 0 Å². The van der Waals surface area contributed by atoms with Gasteiger partial charge in [-0.3, -0.25) is 4.90 Å². The molecule has 2 heterocycles. The molecule has 1 aromatic heterocycles. The molecule has 1 atom stereocenters. The number of hydrogen-bond acceptors (Lipinski definition) is 4. The molecule has 1 saturated heterocycles. The monoisotopic (exact) mass is 221 g/mol. The largest absolute Gasteiger partial charge is 0.282 e. The molecule has 3 nitrogen and oxygen atoms in total. The van der Waals surface area contributed by atoms with E-state index in [4.69, 9.17) is 0 Å². The Morgan fingerprint density at radius 1 is 1.33 bits per heavy atom. The van der Waals surface area contributed by atoms with Crippen molar-refractivity contribution in [2.45, 2.75) is 31.7 Å². The van der Waals surface area contributed by atoms with Crippen LogP contribution >= 0.6 is 11.3 Å². The SMILES string of the molecule is N#CC(c1nccs1)N1CCCCCC1. The van der Waals surface area contributed by atoms with E-state index in [0.717, 1.165) is 18.1 Å². The summed E-state index contributed by atoms with van der Waals surface area (Å²) in [7, 11) is 0. The van der Waals surface area contributed by atoms with Gasteiger partial charge < -0.3 is 0 Å². The third-order valence-corrected chi connectivity index (χ3v) is 3.64. The molecule has 4 heteroatoms. The molecule has 0 aromatic carbocycles. The summed E-state index contributed by atoms with van der Waals surface area (Å²) >= 11 is 1.58. The van der Waals surface area contributed by atoms with Crippen LogP contribution in [-0.2, 0) is 0 Å². The highest BCUT2D eigenvalue weighted by molar-refractivity contribution is 7.09. The average Bonchev–Trinajstić information content (AvgIpc) is 2.63. The molecule has 0 bridgehead atoms. The molecule has 1 aliphatic heterocycles. The summed E-state index contributed by atoms with van der Waals surface area (Å²) in [6.45, 7) is 2.08. The van der Waals surface area contributed by atoms with Gasteiger partial charge in [0.2, 0.25) is 0 Å². The lowest BCUT2D eigenvalue weighted by atomic mass is 10.2. The van der Waals surface area contributed by atoms with Crippen LogP contribution in [0.2, 0.25) is 0 Å². The van der Waals surface area contributed by atoms with Gasteiger partial charge in [-0.2, -0.15) is 5.26 Å². The van der Waals surface area contributed by atoms with E-state index in [-0.39, 0.29) is 6.04 Å². The molecule has 80 valence electrons. The molecule has 1 unspecified atom stereocenters. The van der Waals surface area contributed by atoms with Gasteiger partial charge in [-0.05, 0) is 25.9 Å². The lowest BCUT2D eigenvalue weighted by molar-refractivity contribution is 0.245. The summed E-state index contributed by atoms with van der Waals surface area (Å²) < 4.78 is 0. The highest BCUT2D eigenvalue weighted by Gasteiger charge is 2.22. The summed E-state index contributed by atoms with van der Waals surface area (Å²) in [5, 5.41) is 12.1. The average molecular weight is 221 g/mol. The fraction of sp³-hybridized carbons (Fsp3) is 0.636. The number of rotatable bonds is 2. The van der Waals surface area contributed by atoms with Gasteiger partial charge in [-0.15, -0.1) is 11.3 Å². The number of nitriles is 1. The molecule has 1 fully saturated rings. The standard InChI is InChI=1S/C11H15N3S/c12-9-10(11-13-5-8-15-11)14-6-3-1-2-4-7-14/h5,8,10H,1-4,6-7H2. The van der Waals surface area contributed by atoms with Crippen LogP contribution in [-0.4, -0.2) is 23.0 Å². The van der Waals surface area contributed by atoms with E-state index >= 15 is 0 Å². The molecule has 0 spiro atoms. The molecule has 15 heavy (non-hydrogen) atoms. The maximum atomic E-state index is 9.22. The molecular weight excluding hydrogens is 206 g/mol. The second-order valence-corrected chi connectivity index (χ2v) is 4.78. The van der Waals surface area contributed by atoms with E-state index in [1.54, 1.807) is 17.5 Å². The van der Waals surface area contributed by atoms with Crippen LogP contribution in [0.4, 0.5) is 0 Å². The van der Waals surface area contributed by atoms with E-state index in [1.165, 1.54) is 25.7 Å². The zero-order valence-corrected chi connectivity index (χ0v) is 9.54. The van der Waals surface area contributed by atoms with Gasteiger partial charge in [-0.25, -0.2) is 4.98 Å². The van der Waals surface area contributed by atoms with Crippen molar-refractivity contribution in [3.63, 3.8) is 0 Å². The van der Waals surface area contributed by atoms with Gasteiger partial charge in [0.05, 0.1) is 6.07 Å². The number of aromatic nitrogens is 1. The molecule has 2 rings (SSSR count). The maximum absolute atomic E-state index is 9.22. The summed E-state index contributed by atoms with van der Waals surface area (Å²) in [6, 6.07) is 2.25. The van der Waals surface area contributed by atoms with Gasteiger partial charge in [0, 0.05) is 11.6 Å². The quantitative estimate of drug-likeness (QED) is 0.770. The Labute approximate surface area is 94.4 Å². The van der Waals surface area contributed by atoms with Crippen molar-refractivity contribution in [2.75, 3.05) is 13.1 Å². The van der Waals surface area contributed by atoms with Crippen LogP contribution in [0.1, 0.15) is 36.7 Å². The molecular formula is C11H15N3S. The molecule has 0 amide bonds. The zero-order valence-electron chi connectivity index (χ0n) is 8.72. The smallest absolute Gasteiger partial charge is 0.150 e. The second kappa shape index (κ2) is 5.24. The minimum atomic E-state index is -0.122. The van der Waals surface area contributed by atoms with E-state index in [1.807, 2.05) is 5.38 Å². The first-order valence-corrected chi connectivity index (χ1v) is 6.33. The van der Waals surface area contributed by atoms with Crippen LogP contribution in [0.15, 0.2) is 11.6 Å². The highest BCUT2D eigenvalue weighted by Crippen LogP contribution is 2.24. The van der Waals surface area contributed by atoms with Crippen LogP contribution in [0.5, 0.6) is 0 Å². The van der Waals surface area contributed by atoms with Gasteiger partial charge in [0.15, 0.2) is 6.04 Å². The van der Waals surface area contributed by atoms with Gasteiger partial charge in [0.25, 0.3) is 0 Å². The van der Waals surface area contributed by atoms with E-state index in [0.29, 0.717) is 0 Å². The Bertz CT molecular complexity index is 320. The van der Waals surface area contributed by atoms with Crippen molar-refractivity contribution < 1.29 is 0 Å². The third-order valence-electron chi connectivity index (χ3n) is 2.81. The molecule has 0 N–H and O–H groups in total. The fourth-order valence-corrected chi connectivity index (χ4v) is 2.73. The fourth-order valence-electron chi connectivity index (χ4n) is 2.02. The predicted octanol–water partition coefficient (Wildman–Crippen LogP) is 2.58. The third kappa shape index (κ3) is 2.55. The van der Waals surface area contributed by atoms with E-state index in [9.17, 15) is 5.26 Å². The second-order valence-electron chi connectivity index (χ2n) is 3.85. The summed E-state index contributed by atoms with van der Waals surface area (Å²) in [5.41, 5.74) is 0. The van der Waals surface area contributed by atoms with Gasteiger partial charge in [-0.1, -0.05) is 12.8 Å². The summed E-state index contributed by atoms with van der Waals surface area (Å²) in [5.74, 6) is 0. The normalized spacial score (nSPS) is 20.5. The van der Waals surface area contributed by atoms with E-state index < -0.39 is 0 Å². The molecule has 0 saturated carbocycles. The predicted molar refractivity (Wildman–Crippen MR) is 60.5 cm³/mol. The first-order valence-electron chi connectivity index (χ1n) is 5.45. The minimum absolute atomic E-state index is 0.122. The highest BCUT2D eigenvalue weighted by atomic mass is 32.1. The van der Waals surface area contributed by atoms with Crippen LogP contribution in [0.25, 0.3) is 0 Å². The summed E-state index contributed by atoms with van der Waals surface area (Å²) in [6.07, 6.45) is 6.80. The lowest BCUT2D eigenvalue weighted by Gasteiger charge is -2.23. The first kappa shape index (κ1) is 10.6. The Hall–Kier alpha value is -0.920. The van der Waals surface area contributed by atoms with Crippen molar-refractivity contribution in [3.05, 3.63) is 16.6 Å². The number of thiazole rings is 1. The van der Waals surface area contributed by atoms with Crippen molar-refractivity contribution in [1.82, 2.24) is 9.88 Å². The molecule has 1 aliphatic rings. The minimum Gasteiger partial charge on any atom is -0.282 e. The van der Waals surface area contributed by atoms with Crippen molar-refractivity contribution in [1.29, 1.82) is 5.26 Å². The maximum Gasteiger partial charge on any atom is 0.150 e. The number of hydrogen-bond donors (Lipinski definition) is 0. The lowest BCUT2D eigenvalue weighted by Crippen LogP contribution is -2.28. The Morgan fingerprint density at radius 2 is 2.07 bits per heavy atom.